The predicted octanol–water partition coefficient (Wildman–Crippen LogP) is 4.12. The van der Waals surface area contributed by atoms with Gasteiger partial charge in [-0.2, -0.15) is 0 Å². The average molecular weight is 450 g/mol. The van der Waals surface area contributed by atoms with Crippen LogP contribution in [-0.4, -0.2) is 53.3 Å². The van der Waals surface area contributed by atoms with Gasteiger partial charge < -0.3 is 20.9 Å². The number of nitrogens with one attached hydrogen (secondary N) is 4. The lowest BCUT2D eigenvalue weighted by Crippen LogP contribution is -2.42. The number of likely N-dealkylation sites (N-methyl/N-ethyl adjacent to an activating group) is 1. The molecule has 9 heteroatoms. The number of carbonyl (C=O) groups excluding carboxylic acids is 1. The number of aromatic nitrogens is 2. The highest BCUT2D eigenvalue weighted by Gasteiger charge is 2.34. The third kappa shape index (κ3) is 4.95. The first-order valence-corrected chi connectivity index (χ1v) is 11.3. The molecule has 2 amide bonds. The number of likely N-dealkylation sites (tertiary alicyclic amines) is 1. The molecule has 0 unspecified atom stereocenters. The van der Waals surface area contributed by atoms with Gasteiger partial charge in [-0.05, 0) is 56.1 Å². The summed E-state index contributed by atoms with van der Waals surface area (Å²) in [5, 5.41) is 19.1. The van der Waals surface area contributed by atoms with Gasteiger partial charge in [-0.25, -0.2) is 9.78 Å². The summed E-state index contributed by atoms with van der Waals surface area (Å²) in [6.45, 7) is 5.74. The van der Waals surface area contributed by atoms with Crippen molar-refractivity contribution < 1.29 is 4.79 Å². The van der Waals surface area contributed by atoms with Crippen LogP contribution in [0.3, 0.4) is 0 Å². The highest BCUT2D eigenvalue weighted by atomic mass is 32.1. The fraction of sp³-hybridized carbons (Fsp3) is 0.304. The number of pyridine rings is 2. The van der Waals surface area contributed by atoms with E-state index in [1.54, 1.807) is 29.8 Å². The molecule has 1 aliphatic heterocycles. The van der Waals surface area contributed by atoms with Gasteiger partial charge in [-0.3, -0.25) is 10.3 Å². The van der Waals surface area contributed by atoms with E-state index in [9.17, 15) is 4.79 Å². The molecule has 3 aromatic rings. The second kappa shape index (κ2) is 9.46. The summed E-state index contributed by atoms with van der Waals surface area (Å²) in [4.78, 5) is 24.8. The molecular weight excluding hydrogens is 422 g/mol. The van der Waals surface area contributed by atoms with Crippen LogP contribution in [0.5, 0.6) is 0 Å². The first kappa shape index (κ1) is 21.9. The quantitative estimate of drug-likeness (QED) is 0.424. The number of amides is 2. The Morgan fingerprint density at radius 2 is 2.09 bits per heavy atom. The second-order valence-electron chi connectivity index (χ2n) is 8.11. The van der Waals surface area contributed by atoms with Crippen LogP contribution in [0.2, 0.25) is 0 Å². The number of rotatable bonds is 6. The summed E-state index contributed by atoms with van der Waals surface area (Å²) in [5.41, 5.74) is 4.33. The van der Waals surface area contributed by atoms with Crippen molar-refractivity contribution in [1.82, 2.24) is 20.2 Å². The molecule has 8 nitrogen and oxygen atoms in total. The van der Waals surface area contributed by atoms with Gasteiger partial charge >= 0.3 is 6.03 Å². The van der Waals surface area contributed by atoms with Crippen LogP contribution in [0.15, 0.2) is 42.0 Å². The fourth-order valence-electron chi connectivity index (χ4n) is 4.04. The summed E-state index contributed by atoms with van der Waals surface area (Å²) in [6, 6.07) is 7.31. The summed E-state index contributed by atoms with van der Waals surface area (Å²) in [5.74, 6) is 0.666. The number of urea groups is 1. The molecule has 4 rings (SSSR count). The topological polar surface area (TPSA) is 106 Å². The standard InChI is InChI=1S/C23H27N7OS/c1-14-5-7-32-22(14)18-12-30(3)13-20(18)28-23(31)29-21-9-16(10-24)19(11-26-21)27-17-4-6-25-15(2)8-17/h4-11,18,20,24H,12-13H2,1-3H3,(H,25,27)(H2,26,28,29,31)/t18-,20-/m0/s1. The summed E-state index contributed by atoms with van der Waals surface area (Å²) >= 11 is 1.75. The van der Waals surface area contributed by atoms with Crippen molar-refractivity contribution in [3.8, 4) is 0 Å². The molecule has 2 atom stereocenters. The van der Waals surface area contributed by atoms with Gasteiger partial charge in [-0.15, -0.1) is 11.3 Å². The third-order valence-electron chi connectivity index (χ3n) is 5.57. The van der Waals surface area contributed by atoms with E-state index in [1.165, 1.54) is 16.7 Å². The van der Waals surface area contributed by atoms with Gasteiger partial charge in [-0.1, -0.05) is 0 Å². The van der Waals surface area contributed by atoms with Crippen LogP contribution in [0.4, 0.5) is 22.0 Å². The van der Waals surface area contributed by atoms with Crippen LogP contribution in [-0.2, 0) is 0 Å². The molecule has 4 N–H and O–H groups in total. The van der Waals surface area contributed by atoms with E-state index in [4.69, 9.17) is 5.41 Å². The summed E-state index contributed by atoms with van der Waals surface area (Å²) in [6.07, 6.45) is 4.58. The number of hydrogen-bond acceptors (Lipinski definition) is 7. The maximum absolute atomic E-state index is 12.7. The Bertz CT molecular complexity index is 1130. The van der Waals surface area contributed by atoms with E-state index in [1.807, 2.05) is 19.1 Å². The molecule has 0 bridgehead atoms. The number of carbonyl (C=O) groups is 1. The van der Waals surface area contributed by atoms with Crippen LogP contribution >= 0.6 is 11.3 Å². The van der Waals surface area contributed by atoms with Crippen molar-refractivity contribution in [2.75, 3.05) is 30.8 Å². The van der Waals surface area contributed by atoms with Gasteiger partial charge in [0.25, 0.3) is 0 Å². The predicted molar refractivity (Wildman–Crippen MR) is 130 cm³/mol. The van der Waals surface area contributed by atoms with Gasteiger partial charge in [0.15, 0.2) is 0 Å². The molecule has 3 aromatic heterocycles. The summed E-state index contributed by atoms with van der Waals surface area (Å²) in [7, 11) is 2.07. The SMILES string of the molecule is Cc1cc(Nc2cnc(NC(=O)N[C@H]3CN(C)C[C@@H]3c3sccc3C)cc2C=N)ccn1. The van der Waals surface area contributed by atoms with Gasteiger partial charge in [0.05, 0.1) is 17.9 Å². The monoisotopic (exact) mass is 449 g/mol. The second-order valence-corrected chi connectivity index (χ2v) is 9.06. The van der Waals surface area contributed by atoms with Crippen LogP contribution in [0.25, 0.3) is 0 Å². The van der Waals surface area contributed by atoms with Gasteiger partial charge in [0.1, 0.15) is 5.82 Å². The van der Waals surface area contributed by atoms with Crippen molar-refractivity contribution in [2.24, 2.45) is 0 Å². The first-order chi connectivity index (χ1) is 15.4. The molecule has 32 heavy (non-hydrogen) atoms. The van der Waals surface area contributed by atoms with E-state index in [2.05, 4.69) is 56.2 Å². The Morgan fingerprint density at radius 3 is 2.81 bits per heavy atom. The zero-order valence-electron chi connectivity index (χ0n) is 18.3. The zero-order valence-corrected chi connectivity index (χ0v) is 19.2. The summed E-state index contributed by atoms with van der Waals surface area (Å²) < 4.78 is 0. The average Bonchev–Trinajstić information content (AvgIpc) is 3.33. The lowest BCUT2D eigenvalue weighted by Gasteiger charge is -2.20. The van der Waals surface area contributed by atoms with Gasteiger partial charge in [0, 0.05) is 53.2 Å². The first-order valence-electron chi connectivity index (χ1n) is 10.4. The zero-order chi connectivity index (χ0) is 22.7. The van der Waals surface area contributed by atoms with E-state index in [0.29, 0.717) is 17.1 Å². The largest absolute Gasteiger partial charge is 0.354 e. The van der Waals surface area contributed by atoms with Crippen molar-refractivity contribution >= 4 is 40.8 Å². The molecular formula is C23H27N7OS. The van der Waals surface area contributed by atoms with Crippen molar-refractivity contribution in [2.45, 2.75) is 25.8 Å². The highest BCUT2D eigenvalue weighted by Crippen LogP contribution is 2.33. The smallest absolute Gasteiger partial charge is 0.320 e. The number of anilines is 3. The Balaban J connectivity index is 1.44. The molecule has 0 radical (unpaired) electrons. The molecule has 0 aromatic carbocycles. The minimum atomic E-state index is -0.293. The Kier molecular flexibility index (Phi) is 6.48. The van der Waals surface area contributed by atoms with Crippen molar-refractivity contribution in [3.63, 3.8) is 0 Å². The van der Waals surface area contributed by atoms with E-state index < -0.39 is 0 Å². The lowest BCUT2D eigenvalue weighted by atomic mass is 9.99. The van der Waals surface area contributed by atoms with Crippen LogP contribution in [0, 0.1) is 19.3 Å². The van der Waals surface area contributed by atoms with Crippen molar-refractivity contribution in [1.29, 1.82) is 5.41 Å². The molecule has 1 saturated heterocycles. The van der Waals surface area contributed by atoms with Gasteiger partial charge in [0.2, 0.25) is 0 Å². The maximum Gasteiger partial charge on any atom is 0.320 e. The third-order valence-corrected chi connectivity index (χ3v) is 6.72. The fourth-order valence-corrected chi connectivity index (χ4v) is 5.13. The van der Waals surface area contributed by atoms with E-state index in [-0.39, 0.29) is 18.0 Å². The highest BCUT2D eigenvalue weighted by molar-refractivity contribution is 7.10. The number of nitrogens with zero attached hydrogens (tertiary/aromatic N) is 3. The molecule has 4 heterocycles. The molecule has 0 aliphatic carbocycles. The maximum atomic E-state index is 12.7. The number of aryl methyl sites for hydroxylation is 2. The van der Waals surface area contributed by atoms with Crippen LogP contribution in [0.1, 0.15) is 27.6 Å². The number of hydrogen-bond donors (Lipinski definition) is 4. The molecule has 1 aliphatic rings. The molecule has 0 saturated carbocycles. The minimum Gasteiger partial charge on any atom is -0.354 e. The Morgan fingerprint density at radius 1 is 1.25 bits per heavy atom. The molecule has 1 fully saturated rings. The number of thiophene rings is 1. The Hall–Kier alpha value is -3.30. The lowest BCUT2D eigenvalue weighted by molar-refractivity contribution is 0.247. The van der Waals surface area contributed by atoms with E-state index >= 15 is 0 Å². The molecule has 166 valence electrons. The normalized spacial score (nSPS) is 18.3. The molecule has 0 spiro atoms. The van der Waals surface area contributed by atoms with Crippen molar-refractivity contribution in [3.05, 3.63) is 63.7 Å². The van der Waals surface area contributed by atoms with Crippen LogP contribution < -0.4 is 16.0 Å². The minimum absolute atomic E-state index is 0.0235. The van der Waals surface area contributed by atoms with E-state index in [0.717, 1.165) is 24.5 Å². The Labute approximate surface area is 191 Å².